The van der Waals surface area contributed by atoms with Crippen LogP contribution in [0.2, 0.25) is 0 Å². The Morgan fingerprint density at radius 1 is 1.60 bits per heavy atom. The summed E-state index contributed by atoms with van der Waals surface area (Å²) < 4.78 is 0. The number of likely N-dealkylation sites (tertiary alicyclic amines) is 1. The summed E-state index contributed by atoms with van der Waals surface area (Å²) >= 11 is 0. The van der Waals surface area contributed by atoms with Crippen molar-refractivity contribution >= 4 is 5.97 Å². The zero-order valence-electron chi connectivity index (χ0n) is 9.33. The second-order valence-electron chi connectivity index (χ2n) is 4.83. The van der Waals surface area contributed by atoms with Crippen molar-refractivity contribution in [1.82, 2.24) is 10.2 Å². The molecule has 0 aromatic rings. The van der Waals surface area contributed by atoms with Crippen LogP contribution in [0, 0.1) is 0 Å². The number of carboxylic acid groups (broad SMARTS) is 1. The zero-order chi connectivity index (χ0) is 10.9. The topological polar surface area (TPSA) is 52.6 Å². The molecule has 1 atom stereocenters. The van der Waals surface area contributed by atoms with E-state index in [4.69, 9.17) is 5.11 Å². The standard InChI is InChI=1S/C11H20N2O2/c1-2-12-11(7-10(14)15)5-6-13(8-11)9-3-4-9/h9,12H,2-8H2,1H3,(H,14,15). The van der Waals surface area contributed by atoms with Crippen LogP contribution in [0.25, 0.3) is 0 Å². The number of hydrogen-bond acceptors (Lipinski definition) is 3. The molecule has 0 bridgehead atoms. The molecular weight excluding hydrogens is 192 g/mol. The van der Waals surface area contributed by atoms with Crippen molar-refractivity contribution in [2.24, 2.45) is 0 Å². The molecule has 1 aliphatic carbocycles. The van der Waals surface area contributed by atoms with Crippen LogP contribution in [0.4, 0.5) is 0 Å². The average Bonchev–Trinajstić information content (AvgIpc) is 2.90. The van der Waals surface area contributed by atoms with Crippen LogP contribution in [-0.2, 0) is 4.79 Å². The molecule has 15 heavy (non-hydrogen) atoms. The van der Waals surface area contributed by atoms with Gasteiger partial charge < -0.3 is 10.4 Å². The van der Waals surface area contributed by atoms with Crippen LogP contribution in [0.5, 0.6) is 0 Å². The van der Waals surface area contributed by atoms with E-state index in [0.717, 1.165) is 32.1 Å². The van der Waals surface area contributed by atoms with Gasteiger partial charge in [-0.05, 0) is 25.8 Å². The Kier molecular flexibility index (Phi) is 2.98. The van der Waals surface area contributed by atoms with Crippen molar-refractivity contribution in [3.8, 4) is 0 Å². The van der Waals surface area contributed by atoms with E-state index >= 15 is 0 Å². The van der Waals surface area contributed by atoms with Crippen LogP contribution in [0.1, 0.15) is 32.6 Å². The van der Waals surface area contributed by atoms with Crippen LogP contribution in [-0.4, -0.2) is 47.2 Å². The second-order valence-corrected chi connectivity index (χ2v) is 4.83. The van der Waals surface area contributed by atoms with Gasteiger partial charge in [-0.25, -0.2) is 0 Å². The molecule has 0 radical (unpaired) electrons. The van der Waals surface area contributed by atoms with Crippen LogP contribution < -0.4 is 5.32 Å². The van der Waals surface area contributed by atoms with Crippen molar-refractivity contribution in [2.45, 2.75) is 44.2 Å². The lowest BCUT2D eigenvalue weighted by Crippen LogP contribution is -2.49. The van der Waals surface area contributed by atoms with E-state index in [9.17, 15) is 4.79 Å². The average molecular weight is 212 g/mol. The van der Waals surface area contributed by atoms with Gasteiger partial charge in [-0.1, -0.05) is 6.92 Å². The van der Waals surface area contributed by atoms with Gasteiger partial charge in [0, 0.05) is 24.7 Å². The number of rotatable bonds is 5. The van der Waals surface area contributed by atoms with Gasteiger partial charge in [-0.3, -0.25) is 9.69 Å². The van der Waals surface area contributed by atoms with E-state index in [0.29, 0.717) is 0 Å². The number of hydrogen-bond donors (Lipinski definition) is 2. The molecule has 1 aliphatic heterocycles. The maximum Gasteiger partial charge on any atom is 0.305 e. The van der Waals surface area contributed by atoms with Crippen LogP contribution in [0.3, 0.4) is 0 Å². The number of nitrogens with one attached hydrogen (secondary N) is 1. The van der Waals surface area contributed by atoms with E-state index in [1.54, 1.807) is 0 Å². The summed E-state index contributed by atoms with van der Waals surface area (Å²) in [6.45, 7) is 4.87. The van der Waals surface area contributed by atoms with Gasteiger partial charge in [-0.2, -0.15) is 0 Å². The second kappa shape index (κ2) is 4.10. The summed E-state index contributed by atoms with van der Waals surface area (Å²) in [6, 6.07) is 0.749. The molecular formula is C11H20N2O2. The molecule has 0 spiro atoms. The molecule has 86 valence electrons. The number of aliphatic carboxylic acids is 1. The summed E-state index contributed by atoms with van der Waals surface area (Å²) in [5.41, 5.74) is -0.164. The molecule has 2 N–H and O–H groups in total. The molecule has 4 heteroatoms. The molecule has 1 heterocycles. The summed E-state index contributed by atoms with van der Waals surface area (Å²) in [5, 5.41) is 12.3. The fourth-order valence-electron chi connectivity index (χ4n) is 2.67. The fourth-order valence-corrected chi connectivity index (χ4v) is 2.67. The van der Waals surface area contributed by atoms with Gasteiger partial charge >= 0.3 is 5.97 Å². The van der Waals surface area contributed by atoms with E-state index in [1.807, 2.05) is 6.92 Å². The maximum absolute atomic E-state index is 10.9. The van der Waals surface area contributed by atoms with Crippen molar-refractivity contribution in [2.75, 3.05) is 19.6 Å². The first-order valence-electron chi connectivity index (χ1n) is 5.86. The highest BCUT2D eigenvalue weighted by molar-refractivity contribution is 5.68. The SMILES string of the molecule is CCNC1(CC(=O)O)CCN(C2CC2)C1. The third-order valence-corrected chi connectivity index (χ3v) is 3.49. The fraction of sp³-hybridized carbons (Fsp3) is 0.909. The molecule has 0 aromatic heterocycles. The first-order valence-corrected chi connectivity index (χ1v) is 5.86. The Labute approximate surface area is 90.6 Å². The number of nitrogens with zero attached hydrogens (tertiary/aromatic N) is 1. The minimum atomic E-state index is -0.686. The summed E-state index contributed by atoms with van der Waals surface area (Å²) in [5.74, 6) is -0.686. The smallest absolute Gasteiger partial charge is 0.305 e. The van der Waals surface area contributed by atoms with Gasteiger partial charge in [0.15, 0.2) is 0 Å². The lowest BCUT2D eigenvalue weighted by atomic mass is 9.94. The highest BCUT2D eigenvalue weighted by Crippen LogP contribution is 2.34. The monoisotopic (exact) mass is 212 g/mol. The largest absolute Gasteiger partial charge is 0.481 e. The predicted molar refractivity (Wildman–Crippen MR) is 57.9 cm³/mol. The normalized spacial score (nSPS) is 32.1. The van der Waals surface area contributed by atoms with Gasteiger partial charge in [0.05, 0.1) is 6.42 Å². The van der Waals surface area contributed by atoms with Crippen LogP contribution >= 0.6 is 0 Å². The van der Waals surface area contributed by atoms with Crippen molar-refractivity contribution in [3.63, 3.8) is 0 Å². The molecule has 1 saturated heterocycles. The minimum Gasteiger partial charge on any atom is -0.481 e. The third-order valence-electron chi connectivity index (χ3n) is 3.49. The van der Waals surface area contributed by atoms with Gasteiger partial charge in [0.25, 0.3) is 0 Å². The Balaban J connectivity index is 1.97. The van der Waals surface area contributed by atoms with Gasteiger partial charge in [0.2, 0.25) is 0 Å². The minimum absolute atomic E-state index is 0.164. The zero-order valence-corrected chi connectivity index (χ0v) is 9.33. The molecule has 4 nitrogen and oxygen atoms in total. The number of carbonyl (C=O) groups is 1. The van der Waals surface area contributed by atoms with E-state index in [1.165, 1.54) is 12.8 Å². The van der Waals surface area contributed by atoms with Crippen molar-refractivity contribution in [3.05, 3.63) is 0 Å². The molecule has 1 saturated carbocycles. The third kappa shape index (κ3) is 2.49. The summed E-state index contributed by atoms with van der Waals surface area (Å²) in [6.07, 6.45) is 3.83. The summed E-state index contributed by atoms with van der Waals surface area (Å²) in [7, 11) is 0. The predicted octanol–water partition coefficient (Wildman–Crippen LogP) is 0.677. The lowest BCUT2D eigenvalue weighted by molar-refractivity contribution is -0.138. The highest BCUT2D eigenvalue weighted by atomic mass is 16.4. The molecule has 2 aliphatic rings. The van der Waals surface area contributed by atoms with E-state index < -0.39 is 5.97 Å². The van der Waals surface area contributed by atoms with E-state index in [-0.39, 0.29) is 12.0 Å². The lowest BCUT2D eigenvalue weighted by Gasteiger charge is -2.28. The van der Waals surface area contributed by atoms with Gasteiger partial charge in [-0.15, -0.1) is 0 Å². The molecule has 2 fully saturated rings. The quantitative estimate of drug-likeness (QED) is 0.703. The van der Waals surface area contributed by atoms with Gasteiger partial charge in [0.1, 0.15) is 0 Å². The van der Waals surface area contributed by atoms with Crippen molar-refractivity contribution in [1.29, 1.82) is 0 Å². The maximum atomic E-state index is 10.9. The molecule has 1 unspecified atom stereocenters. The Hall–Kier alpha value is -0.610. The number of carboxylic acids is 1. The Morgan fingerprint density at radius 2 is 2.33 bits per heavy atom. The summed E-state index contributed by atoms with van der Waals surface area (Å²) in [4.78, 5) is 13.3. The number of likely N-dealkylation sites (N-methyl/N-ethyl adjacent to an activating group) is 1. The molecule has 0 amide bonds. The molecule has 2 rings (SSSR count). The van der Waals surface area contributed by atoms with E-state index in [2.05, 4.69) is 10.2 Å². The Bertz CT molecular complexity index is 253. The first kappa shape index (κ1) is 10.9. The first-order chi connectivity index (χ1) is 7.15. The van der Waals surface area contributed by atoms with Crippen LogP contribution in [0.15, 0.2) is 0 Å². The van der Waals surface area contributed by atoms with Crippen molar-refractivity contribution < 1.29 is 9.90 Å². The Morgan fingerprint density at radius 3 is 2.87 bits per heavy atom. The highest BCUT2D eigenvalue weighted by Gasteiger charge is 2.43. The molecule has 0 aromatic carbocycles.